The Bertz CT molecular complexity index is 1350. The highest BCUT2D eigenvalue weighted by Crippen LogP contribution is 2.38. The summed E-state index contributed by atoms with van der Waals surface area (Å²) in [4.78, 5) is 17.8. The number of piperidine rings is 1. The maximum atomic E-state index is 5.61. The van der Waals surface area contributed by atoms with E-state index in [9.17, 15) is 0 Å². The SMILES string of the molecule is COc1cc(-c2[nH]c3cnc(N4CCC(N(C)C5COC5)CC4)cc3c2C(C)C)cn2ncnc12. The van der Waals surface area contributed by atoms with Gasteiger partial charge in [-0.05, 0) is 43.5 Å². The Morgan fingerprint density at radius 3 is 2.63 bits per heavy atom. The van der Waals surface area contributed by atoms with E-state index in [1.54, 1.807) is 18.0 Å². The molecule has 4 aromatic rings. The van der Waals surface area contributed by atoms with Crippen LogP contribution in [-0.4, -0.2) is 82.0 Å². The number of nitrogens with zero attached hydrogens (tertiary/aromatic N) is 6. The van der Waals surface area contributed by atoms with Crippen molar-refractivity contribution in [1.82, 2.24) is 29.5 Å². The smallest absolute Gasteiger partial charge is 0.197 e. The first-order valence-electron chi connectivity index (χ1n) is 12.5. The van der Waals surface area contributed by atoms with Gasteiger partial charge in [0.15, 0.2) is 11.4 Å². The first-order valence-corrected chi connectivity index (χ1v) is 12.5. The molecule has 0 saturated carbocycles. The van der Waals surface area contributed by atoms with Gasteiger partial charge in [-0.15, -0.1) is 0 Å². The lowest BCUT2D eigenvalue weighted by Gasteiger charge is -2.43. The third-order valence-corrected chi connectivity index (χ3v) is 7.70. The lowest BCUT2D eigenvalue weighted by molar-refractivity contribution is -0.0718. The van der Waals surface area contributed by atoms with Crippen molar-refractivity contribution < 1.29 is 9.47 Å². The van der Waals surface area contributed by atoms with Crippen LogP contribution in [0, 0.1) is 0 Å². The first-order chi connectivity index (χ1) is 17.0. The van der Waals surface area contributed by atoms with Gasteiger partial charge in [-0.2, -0.15) is 5.10 Å². The predicted octanol–water partition coefficient (Wildman–Crippen LogP) is 3.70. The molecule has 0 amide bonds. The minimum Gasteiger partial charge on any atom is -0.493 e. The van der Waals surface area contributed by atoms with Gasteiger partial charge < -0.3 is 19.4 Å². The Kier molecular flexibility index (Phi) is 5.61. The van der Waals surface area contributed by atoms with Crippen LogP contribution in [0.1, 0.15) is 38.2 Å². The number of aromatic nitrogens is 5. The highest BCUT2D eigenvalue weighted by atomic mass is 16.5. The zero-order chi connectivity index (χ0) is 24.1. The number of likely N-dealkylation sites (N-methyl/N-ethyl adjacent to an activating group) is 1. The number of nitrogens with one attached hydrogen (secondary N) is 1. The van der Waals surface area contributed by atoms with E-state index in [1.807, 2.05) is 18.5 Å². The first kappa shape index (κ1) is 22.3. The van der Waals surface area contributed by atoms with Crippen LogP contribution in [0.3, 0.4) is 0 Å². The number of hydrogen-bond acceptors (Lipinski definition) is 7. The highest BCUT2D eigenvalue weighted by molar-refractivity contribution is 5.92. The Morgan fingerprint density at radius 1 is 1.14 bits per heavy atom. The Morgan fingerprint density at radius 2 is 1.94 bits per heavy atom. The molecule has 0 aliphatic carbocycles. The zero-order valence-corrected chi connectivity index (χ0v) is 20.9. The summed E-state index contributed by atoms with van der Waals surface area (Å²) in [5, 5.41) is 5.56. The number of pyridine rings is 2. The van der Waals surface area contributed by atoms with E-state index in [2.05, 4.69) is 51.8 Å². The lowest BCUT2D eigenvalue weighted by Crippen LogP contribution is -2.54. The third-order valence-electron chi connectivity index (χ3n) is 7.70. The molecular weight excluding hydrogens is 442 g/mol. The average molecular weight is 476 g/mol. The van der Waals surface area contributed by atoms with Crippen LogP contribution in [0.5, 0.6) is 5.75 Å². The van der Waals surface area contributed by atoms with E-state index < -0.39 is 0 Å². The standard InChI is InChI=1S/C26H33N7O2/c1-16(2)24-20-10-23(32-7-5-18(6-8-32)31(3)19-13-35-14-19)27-11-21(20)30-25(24)17-9-22(34-4)26-28-15-29-33(26)12-17/h9-12,15-16,18-19,30H,5-8,13-14H2,1-4H3. The largest absolute Gasteiger partial charge is 0.493 e. The number of hydrogen-bond donors (Lipinski definition) is 1. The van der Waals surface area contributed by atoms with Crippen LogP contribution in [0.4, 0.5) is 5.82 Å². The van der Waals surface area contributed by atoms with Gasteiger partial charge >= 0.3 is 0 Å². The van der Waals surface area contributed by atoms with Gasteiger partial charge in [0.05, 0.1) is 43.8 Å². The summed E-state index contributed by atoms with van der Waals surface area (Å²) in [5.74, 6) is 2.09. The summed E-state index contributed by atoms with van der Waals surface area (Å²) in [7, 11) is 3.92. The summed E-state index contributed by atoms with van der Waals surface area (Å²) in [6.45, 7) is 8.27. The summed E-state index contributed by atoms with van der Waals surface area (Å²) >= 11 is 0. The van der Waals surface area contributed by atoms with Crippen LogP contribution < -0.4 is 9.64 Å². The van der Waals surface area contributed by atoms with Crippen LogP contribution >= 0.6 is 0 Å². The maximum absolute atomic E-state index is 5.61. The molecule has 2 aliphatic heterocycles. The highest BCUT2D eigenvalue weighted by Gasteiger charge is 2.31. The lowest BCUT2D eigenvalue weighted by atomic mass is 9.96. The van der Waals surface area contributed by atoms with E-state index in [1.165, 1.54) is 10.9 Å². The molecule has 2 aliphatic rings. The molecule has 2 fully saturated rings. The van der Waals surface area contributed by atoms with Crippen molar-refractivity contribution in [2.24, 2.45) is 0 Å². The fourth-order valence-electron chi connectivity index (χ4n) is 5.55. The molecule has 0 spiro atoms. The minimum atomic E-state index is 0.329. The average Bonchev–Trinajstić information content (AvgIpc) is 3.46. The van der Waals surface area contributed by atoms with Crippen molar-refractivity contribution in [3.05, 3.63) is 36.4 Å². The number of anilines is 1. The molecule has 6 heterocycles. The summed E-state index contributed by atoms with van der Waals surface area (Å²) in [6.07, 6.45) is 7.84. The second kappa shape index (κ2) is 8.80. The Labute approximate surface area is 205 Å². The second-order valence-electron chi connectivity index (χ2n) is 10.1. The quantitative estimate of drug-likeness (QED) is 0.455. The molecule has 0 atom stereocenters. The maximum Gasteiger partial charge on any atom is 0.197 e. The molecule has 0 unspecified atom stereocenters. The van der Waals surface area contributed by atoms with Gasteiger partial charge in [-0.1, -0.05) is 13.8 Å². The van der Waals surface area contributed by atoms with Crippen molar-refractivity contribution in [3.63, 3.8) is 0 Å². The number of rotatable bonds is 6. The topological polar surface area (TPSA) is 83.8 Å². The minimum absolute atomic E-state index is 0.329. The van der Waals surface area contributed by atoms with Crippen molar-refractivity contribution in [2.75, 3.05) is 45.4 Å². The fourth-order valence-corrected chi connectivity index (χ4v) is 5.55. The third kappa shape index (κ3) is 3.83. The number of fused-ring (bicyclic) bond motifs is 2. The van der Waals surface area contributed by atoms with Crippen molar-refractivity contribution in [1.29, 1.82) is 0 Å². The van der Waals surface area contributed by atoms with Crippen molar-refractivity contribution in [3.8, 4) is 17.0 Å². The van der Waals surface area contributed by atoms with Crippen LogP contribution in [0.25, 0.3) is 27.8 Å². The Balaban J connectivity index is 1.32. The van der Waals surface area contributed by atoms with Gasteiger partial charge in [0, 0.05) is 36.3 Å². The molecule has 9 nitrogen and oxygen atoms in total. The van der Waals surface area contributed by atoms with Crippen LogP contribution in [0.15, 0.2) is 30.9 Å². The monoisotopic (exact) mass is 475 g/mol. The fraction of sp³-hybridized carbons (Fsp3) is 0.500. The summed E-state index contributed by atoms with van der Waals surface area (Å²) < 4.78 is 12.8. The van der Waals surface area contributed by atoms with Crippen LogP contribution in [-0.2, 0) is 4.74 Å². The molecular formula is C26H33N7O2. The number of ether oxygens (including phenoxy) is 2. The number of methoxy groups -OCH3 is 1. The summed E-state index contributed by atoms with van der Waals surface area (Å²) in [6, 6.07) is 5.50. The molecule has 0 bridgehead atoms. The molecule has 9 heteroatoms. The van der Waals surface area contributed by atoms with E-state index in [-0.39, 0.29) is 0 Å². The van der Waals surface area contributed by atoms with Gasteiger partial charge in [0.1, 0.15) is 12.1 Å². The normalized spacial score (nSPS) is 17.7. The Hall–Kier alpha value is -3.17. The predicted molar refractivity (Wildman–Crippen MR) is 136 cm³/mol. The van der Waals surface area contributed by atoms with Crippen molar-refractivity contribution in [2.45, 2.75) is 44.7 Å². The van der Waals surface area contributed by atoms with Crippen LogP contribution in [0.2, 0.25) is 0 Å². The molecule has 4 aromatic heterocycles. The van der Waals surface area contributed by atoms with Gasteiger partial charge in [0.2, 0.25) is 0 Å². The molecule has 184 valence electrons. The second-order valence-corrected chi connectivity index (χ2v) is 10.1. The van der Waals surface area contributed by atoms with E-state index in [4.69, 9.17) is 14.5 Å². The van der Waals surface area contributed by atoms with E-state index >= 15 is 0 Å². The van der Waals surface area contributed by atoms with Crippen molar-refractivity contribution >= 4 is 22.4 Å². The molecule has 35 heavy (non-hydrogen) atoms. The van der Waals surface area contributed by atoms with Gasteiger partial charge in [-0.25, -0.2) is 14.5 Å². The summed E-state index contributed by atoms with van der Waals surface area (Å²) in [5.41, 5.74) is 5.13. The van der Waals surface area contributed by atoms with Gasteiger partial charge in [-0.3, -0.25) is 4.90 Å². The molecule has 6 rings (SSSR count). The molecule has 0 radical (unpaired) electrons. The number of H-pyrrole nitrogens is 1. The van der Waals surface area contributed by atoms with Gasteiger partial charge in [0.25, 0.3) is 0 Å². The molecule has 1 N–H and O–H groups in total. The molecule has 0 aromatic carbocycles. The number of aromatic amines is 1. The van der Waals surface area contributed by atoms with E-state index in [0.717, 1.165) is 61.7 Å². The van der Waals surface area contributed by atoms with E-state index in [0.29, 0.717) is 29.4 Å². The molecule has 2 saturated heterocycles. The zero-order valence-electron chi connectivity index (χ0n) is 20.9.